The van der Waals surface area contributed by atoms with E-state index in [-0.39, 0.29) is 0 Å². The summed E-state index contributed by atoms with van der Waals surface area (Å²) in [4.78, 5) is 12.9. The molecule has 2 N–H and O–H groups in total. The highest BCUT2D eigenvalue weighted by atomic mass is 15.2. The largest absolute Gasteiger partial charge is 0.358 e. The predicted octanol–water partition coefficient (Wildman–Crippen LogP) is 5.54. The SMILES string of the molecule is C=C/C=C(\C(C)=C(/C)NC(=C)c1[nH]nc2ncc(-c3cccnc3)cc12)c1cccnc1. The third-order valence-electron chi connectivity index (χ3n) is 5.27. The fourth-order valence-corrected chi connectivity index (χ4v) is 3.48. The highest BCUT2D eigenvalue weighted by Crippen LogP contribution is 2.28. The first-order valence-electron chi connectivity index (χ1n) is 10.2. The Morgan fingerprint density at radius 3 is 2.50 bits per heavy atom. The van der Waals surface area contributed by atoms with Crippen LogP contribution in [0, 0.1) is 0 Å². The third kappa shape index (κ3) is 4.25. The maximum absolute atomic E-state index is 4.49. The molecule has 0 unspecified atom stereocenters. The molecule has 0 aliphatic rings. The maximum atomic E-state index is 4.49. The summed E-state index contributed by atoms with van der Waals surface area (Å²) in [7, 11) is 0. The number of H-pyrrole nitrogens is 1. The lowest BCUT2D eigenvalue weighted by atomic mass is 9.98. The van der Waals surface area contributed by atoms with E-state index in [4.69, 9.17) is 0 Å². The number of pyridine rings is 3. The molecule has 0 saturated heterocycles. The van der Waals surface area contributed by atoms with Crippen molar-refractivity contribution < 1.29 is 0 Å². The smallest absolute Gasteiger partial charge is 0.181 e. The second-order valence-electron chi connectivity index (χ2n) is 7.35. The Bertz CT molecular complexity index is 1330. The number of aromatic nitrogens is 5. The van der Waals surface area contributed by atoms with Gasteiger partial charge in [0.25, 0.3) is 0 Å². The summed E-state index contributed by atoms with van der Waals surface area (Å²) in [5.74, 6) is 0. The predicted molar refractivity (Wildman–Crippen MR) is 130 cm³/mol. The lowest BCUT2D eigenvalue weighted by molar-refractivity contribution is 1.02. The molecule has 0 fully saturated rings. The first-order chi connectivity index (χ1) is 15.6. The quantitative estimate of drug-likeness (QED) is 0.384. The van der Waals surface area contributed by atoms with Gasteiger partial charge in [0.1, 0.15) is 0 Å². The zero-order valence-electron chi connectivity index (χ0n) is 18.1. The number of fused-ring (bicyclic) bond motifs is 1. The van der Waals surface area contributed by atoms with Gasteiger partial charge in [0.2, 0.25) is 0 Å². The van der Waals surface area contributed by atoms with E-state index in [1.807, 2.05) is 49.7 Å². The number of nitrogens with zero attached hydrogens (tertiary/aromatic N) is 4. The number of allylic oxidation sites excluding steroid dienone is 5. The van der Waals surface area contributed by atoms with Gasteiger partial charge in [-0.15, -0.1) is 0 Å². The number of aromatic amines is 1. The van der Waals surface area contributed by atoms with Crippen molar-refractivity contribution in [2.24, 2.45) is 0 Å². The second kappa shape index (κ2) is 9.22. The van der Waals surface area contributed by atoms with Crippen molar-refractivity contribution in [2.45, 2.75) is 13.8 Å². The van der Waals surface area contributed by atoms with E-state index in [1.165, 1.54) is 0 Å². The Morgan fingerprint density at radius 1 is 1.03 bits per heavy atom. The van der Waals surface area contributed by atoms with Crippen LogP contribution in [0.4, 0.5) is 0 Å². The number of rotatable bonds is 7. The van der Waals surface area contributed by atoms with Gasteiger partial charge in [-0.1, -0.05) is 37.4 Å². The van der Waals surface area contributed by atoms with Gasteiger partial charge in [0.15, 0.2) is 5.65 Å². The van der Waals surface area contributed by atoms with Crippen LogP contribution in [0.3, 0.4) is 0 Å². The van der Waals surface area contributed by atoms with E-state index in [0.717, 1.165) is 44.6 Å². The van der Waals surface area contributed by atoms with Gasteiger partial charge in [-0.3, -0.25) is 15.1 Å². The van der Waals surface area contributed by atoms with Crippen molar-refractivity contribution in [3.05, 3.63) is 109 Å². The van der Waals surface area contributed by atoms with Crippen molar-refractivity contribution in [3.63, 3.8) is 0 Å². The molecule has 0 atom stereocenters. The normalized spacial score (nSPS) is 12.4. The fraction of sp³-hybridized carbons (Fsp3) is 0.0769. The third-order valence-corrected chi connectivity index (χ3v) is 5.27. The van der Waals surface area contributed by atoms with Gasteiger partial charge in [0.05, 0.1) is 11.4 Å². The monoisotopic (exact) mass is 420 g/mol. The van der Waals surface area contributed by atoms with E-state index in [2.05, 4.69) is 56.6 Å². The molecule has 0 amide bonds. The Labute approximate surface area is 187 Å². The minimum absolute atomic E-state index is 0.636. The highest BCUT2D eigenvalue weighted by Gasteiger charge is 2.13. The zero-order chi connectivity index (χ0) is 22.5. The molecule has 4 aromatic heterocycles. The van der Waals surface area contributed by atoms with Crippen LogP contribution in [0.25, 0.3) is 33.4 Å². The Morgan fingerprint density at radius 2 is 1.81 bits per heavy atom. The molecule has 158 valence electrons. The van der Waals surface area contributed by atoms with Crippen LogP contribution in [0.15, 0.2) is 97.9 Å². The van der Waals surface area contributed by atoms with Gasteiger partial charge in [-0.05, 0) is 43.2 Å². The maximum Gasteiger partial charge on any atom is 0.181 e. The van der Waals surface area contributed by atoms with Crippen LogP contribution < -0.4 is 5.32 Å². The van der Waals surface area contributed by atoms with Crippen LogP contribution in [0.5, 0.6) is 0 Å². The summed E-state index contributed by atoms with van der Waals surface area (Å²) in [5.41, 5.74) is 8.20. The fourth-order valence-electron chi connectivity index (χ4n) is 3.48. The average molecular weight is 421 g/mol. The molecule has 4 rings (SSSR count). The molecule has 6 nitrogen and oxygen atoms in total. The molecule has 32 heavy (non-hydrogen) atoms. The van der Waals surface area contributed by atoms with Crippen LogP contribution in [0.1, 0.15) is 25.1 Å². The average Bonchev–Trinajstić information content (AvgIpc) is 3.26. The van der Waals surface area contributed by atoms with E-state index in [1.54, 1.807) is 24.7 Å². The summed E-state index contributed by atoms with van der Waals surface area (Å²) in [6.07, 6.45) is 12.7. The van der Waals surface area contributed by atoms with E-state index in [0.29, 0.717) is 11.3 Å². The van der Waals surface area contributed by atoms with Gasteiger partial charge in [0, 0.05) is 58.8 Å². The van der Waals surface area contributed by atoms with Crippen molar-refractivity contribution >= 4 is 22.3 Å². The van der Waals surface area contributed by atoms with Crippen LogP contribution in [-0.4, -0.2) is 25.1 Å². The zero-order valence-corrected chi connectivity index (χ0v) is 18.1. The minimum atomic E-state index is 0.636. The lowest BCUT2D eigenvalue weighted by Crippen LogP contribution is -2.11. The molecule has 0 aliphatic carbocycles. The molecule has 0 spiro atoms. The van der Waals surface area contributed by atoms with E-state index >= 15 is 0 Å². The highest BCUT2D eigenvalue weighted by molar-refractivity contribution is 5.90. The van der Waals surface area contributed by atoms with Gasteiger partial charge in [-0.25, -0.2) is 4.98 Å². The number of hydrogen-bond donors (Lipinski definition) is 2. The Kier molecular flexibility index (Phi) is 6.03. The molecular formula is C26H24N6. The summed E-state index contributed by atoms with van der Waals surface area (Å²) >= 11 is 0. The molecule has 0 radical (unpaired) electrons. The Balaban J connectivity index is 1.66. The Hall–Kier alpha value is -4.32. The number of hydrogen-bond acceptors (Lipinski definition) is 5. The van der Waals surface area contributed by atoms with E-state index < -0.39 is 0 Å². The van der Waals surface area contributed by atoms with Crippen LogP contribution >= 0.6 is 0 Å². The molecule has 6 heteroatoms. The summed E-state index contributed by atoms with van der Waals surface area (Å²) in [6, 6.07) is 9.91. The molecule has 4 aromatic rings. The van der Waals surface area contributed by atoms with Gasteiger partial charge in [-0.2, -0.15) is 5.10 Å². The topological polar surface area (TPSA) is 79.4 Å². The van der Waals surface area contributed by atoms with Crippen molar-refractivity contribution in [1.82, 2.24) is 30.5 Å². The summed E-state index contributed by atoms with van der Waals surface area (Å²) < 4.78 is 0. The minimum Gasteiger partial charge on any atom is -0.358 e. The molecule has 0 aliphatic heterocycles. The van der Waals surface area contributed by atoms with Crippen molar-refractivity contribution in [3.8, 4) is 11.1 Å². The molecule has 0 aromatic carbocycles. The summed E-state index contributed by atoms with van der Waals surface area (Å²) in [6.45, 7) is 12.2. The first-order valence-corrected chi connectivity index (χ1v) is 10.2. The molecular weight excluding hydrogens is 396 g/mol. The van der Waals surface area contributed by atoms with Gasteiger partial charge < -0.3 is 5.32 Å². The van der Waals surface area contributed by atoms with Crippen LogP contribution in [0.2, 0.25) is 0 Å². The molecule has 0 saturated carbocycles. The van der Waals surface area contributed by atoms with Crippen molar-refractivity contribution in [2.75, 3.05) is 0 Å². The molecule has 4 heterocycles. The van der Waals surface area contributed by atoms with Gasteiger partial charge >= 0.3 is 0 Å². The van der Waals surface area contributed by atoms with E-state index in [9.17, 15) is 0 Å². The summed E-state index contributed by atoms with van der Waals surface area (Å²) in [5, 5.41) is 11.7. The van der Waals surface area contributed by atoms with Crippen LogP contribution in [-0.2, 0) is 0 Å². The standard InChI is InChI=1S/C26H24N6/c1-5-8-23(21-10-7-12-28-15-21)17(2)18(3)30-19(4)25-24-13-22(16-29-26(24)32-31-25)20-9-6-11-27-14-20/h5-16,30H,1,4H2,2-3H3,(H,29,31,32)/b18-17+,23-8+. The molecule has 0 bridgehead atoms. The second-order valence-corrected chi connectivity index (χ2v) is 7.35. The van der Waals surface area contributed by atoms with Crippen molar-refractivity contribution in [1.29, 1.82) is 0 Å². The number of nitrogens with one attached hydrogen (secondary N) is 2. The first kappa shape index (κ1) is 20.9. The lowest BCUT2D eigenvalue weighted by Gasteiger charge is -2.15.